The van der Waals surface area contributed by atoms with Crippen molar-refractivity contribution in [2.45, 2.75) is 102 Å². The normalized spacial score (nSPS) is 14.8. The van der Waals surface area contributed by atoms with E-state index in [-0.39, 0.29) is 60.9 Å². The van der Waals surface area contributed by atoms with E-state index in [0.29, 0.717) is 31.5 Å². The number of ether oxygens (including phenoxy) is 1. The van der Waals surface area contributed by atoms with E-state index in [9.17, 15) is 19.2 Å². The highest BCUT2D eigenvalue weighted by Gasteiger charge is 2.35. The Morgan fingerprint density at radius 2 is 0.922 bits per heavy atom. The number of nitrogens with one attached hydrogen (secondary N) is 5. The highest BCUT2D eigenvalue weighted by atomic mass is 32.1. The number of nitrogens with zero attached hydrogens (tertiary/aromatic N) is 2. The molecule has 5 N–H and O–H groups in total. The predicted octanol–water partition coefficient (Wildman–Crippen LogP) is 18.8. The fourth-order valence-electron chi connectivity index (χ4n) is 15.0. The van der Waals surface area contributed by atoms with Gasteiger partial charge in [-0.05, 0) is 163 Å². The molecule has 4 aromatic heterocycles. The molecule has 0 saturated carbocycles. The third-order valence-corrected chi connectivity index (χ3v) is 22.2. The monoisotopic (exact) mass is 1380 g/mol. The Kier molecular flexibility index (Phi) is 21.9. The van der Waals surface area contributed by atoms with Crippen LogP contribution >= 0.6 is 22.7 Å². The molecule has 4 aliphatic rings. The fraction of sp³-hybridized carbons (Fsp3) is 0.250. The molecule has 4 atom stereocenters. The second-order valence-electron chi connectivity index (χ2n) is 27.1. The third-order valence-electron chi connectivity index (χ3n) is 20.2. The van der Waals surface area contributed by atoms with E-state index in [1.54, 1.807) is 22.7 Å². The lowest BCUT2D eigenvalue weighted by molar-refractivity contribution is -0.147. The summed E-state index contributed by atoms with van der Waals surface area (Å²) in [6.07, 6.45) is 15.1. The summed E-state index contributed by atoms with van der Waals surface area (Å²) >= 11 is 3.35. The molecule has 8 aromatic carbocycles. The standard InChI is InChI=1S/C47H39N3O3S.C38H38N4O2S.C3H8/c51-45(53-28-41-39-19-8-6-17-37(39)38-18-7-9-20-40(38)41)26-33(24-34-29-54-44-21-11-10-16-36(34)44)47(52)50-42(25-32-23-22-30-12-4-5-15-35(30)32)46-48-27-43(49-46)31-13-2-1-3-14-31;43-35(27-16-18-39-19-17-27)22-29(20-30-24-45-36-13-7-6-12-32(30)36)38(44)42-33(21-28-15-14-25-8-4-5-11-31(25)28)37-40-23-34(41-37)26-9-2-1-3-10-26;1-3-2/h1-21,23,27,29,33,41-42H,22,24-26,28H2,(H,48,49)(H,50,52);1-13,15,23-24,27,29,33,39H,14,16-22H2,(H,40,41)(H,42,44);3H2,1-2H3/t33-,42+;29-,33+;/m00./s1. The second kappa shape index (κ2) is 32.5. The Morgan fingerprint density at radius 3 is 1.41 bits per heavy atom. The zero-order chi connectivity index (χ0) is 69.7. The average molecular weight is 1380 g/mol. The number of carbonyl (C=O) groups is 4. The van der Waals surface area contributed by atoms with Crippen LogP contribution in [0.15, 0.2) is 242 Å². The van der Waals surface area contributed by atoms with Crippen molar-refractivity contribution in [3.8, 4) is 33.6 Å². The zero-order valence-corrected chi connectivity index (χ0v) is 59.3. The summed E-state index contributed by atoms with van der Waals surface area (Å²) in [5.74, 6) is -0.264. The van der Waals surface area contributed by atoms with Crippen LogP contribution in [0.5, 0.6) is 0 Å². The lowest BCUT2D eigenvalue weighted by Gasteiger charge is -2.25. The molecule has 14 heteroatoms. The van der Waals surface area contributed by atoms with E-state index < -0.39 is 17.9 Å². The first-order valence-corrected chi connectivity index (χ1v) is 37.7. The van der Waals surface area contributed by atoms with Gasteiger partial charge in [-0.1, -0.05) is 227 Å². The van der Waals surface area contributed by atoms with Gasteiger partial charge in [0.15, 0.2) is 0 Å². The maximum Gasteiger partial charge on any atom is 0.306 e. The Hall–Kier alpha value is -10.4. The minimum Gasteiger partial charge on any atom is -0.465 e. The van der Waals surface area contributed by atoms with Gasteiger partial charge in [-0.25, -0.2) is 9.97 Å². The SMILES string of the molecule is CCC.O=C(C[C@H](Cc1csc2ccccc12)C(=O)N[C@H](CC1=CCc2ccccc21)c1ncc(-c2ccccc2)[nH]1)C1CCNCC1.O=C(C[C@H](Cc1csc2ccccc12)C(=O)N[C@H](CC1=CCc2ccccc21)c1ncc(-c2ccccc2)[nH]1)OCC1c2ccccc2-c2ccccc21. The van der Waals surface area contributed by atoms with E-state index in [2.05, 4.69) is 160 Å². The highest BCUT2D eigenvalue weighted by Crippen LogP contribution is 2.45. The number of aromatic amines is 2. The molecule has 1 aliphatic heterocycles. The number of benzene rings is 8. The van der Waals surface area contributed by atoms with Crippen LogP contribution in [0.25, 0.3) is 65.0 Å². The molecular formula is C88H85N7O5S2. The topological polar surface area (TPSA) is 171 Å². The van der Waals surface area contributed by atoms with Gasteiger partial charge >= 0.3 is 5.97 Å². The molecule has 102 heavy (non-hydrogen) atoms. The molecule has 12 nitrogen and oxygen atoms in total. The van der Waals surface area contributed by atoms with Gasteiger partial charge in [-0.3, -0.25) is 19.2 Å². The van der Waals surface area contributed by atoms with Crippen molar-refractivity contribution >= 4 is 77.6 Å². The van der Waals surface area contributed by atoms with Gasteiger partial charge in [0.25, 0.3) is 0 Å². The number of carbonyl (C=O) groups excluding carboxylic acids is 4. The fourth-order valence-corrected chi connectivity index (χ4v) is 16.9. The Morgan fingerprint density at radius 1 is 0.500 bits per heavy atom. The molecule has 5 heterocycles. The predicted molar refractivity (Wildman–Crippen MR) is 414 cm³/mol. The van der Waals surface area contributed by atoms with Crippen molar-refractivity contribution in [1.29, 1.82) is 0 Å². The minimum absolute atomic E-state index is 0.00946. The molecule has 2 amide bonds. The molecule has 514 valence electrons. The largest absolute Gasteiger partial charge is 0.465 e. The number of Topliss-reactive ketones (excluding diaryl/α,β-unsaturated/α-hetero) is 1. The first kappa shape index (κ1) is 68.7. The number of H-pyrrole nitrogens is 2. The highest BCUT2D eigenvalue weighted by molar-refractivity contribution is 7.17. The zero-order valence-electron chi connectivity index (χ0n) is 57.7. The van der Waals surface area contributed by atoms with Gasteiger partial charge in [0.05, 0.1) is 48.2 Å². The number of allylic oxidation sites excluding steroid dienone is 2. The minimum atomic E-state index is -0.658. The van der Waals surface area contributed by atoms with Crippen LogP contribution in [0.1, 0.15) is 133 Å². The Bertz CT molecular complexity index is 4930. The molecule has 1 fully saturated rings. The molecule has 0 bridgehead atoms. The number of piperidine rings is 1. The first-order chi connectivity index (χ1) is 50.1. The van der Waals surface area contributed by atoms with Gasteiger partial charge in [0.1, 0.15) is 24.0 Å². The van der Waals surface area contributed by atoms with Gasteiger partial charge < -0.3 is 30.7 Å². The van der Waals surface area contributed by atoms with Crippen molar-refractivity contribution in [3.63, 3.8) is 0 Å². The average Bonchev–Trinajstić information content (AvgIpc) is 1.62. The van der Waals surface area contributed by atoms with E-state index in [1.165, 1.54) is 55.6 Å². The maximum atomic E-state index is 14.6. The van der Waals surface area contributed by atoms with Gasteiger partial charge in [0.2, 0.25) is 11.8 Å². The van der Waals surface area contributed by atoms with E-state index >= 15 is 0 Å². The first-order valence-electron chi connectivity index (χ1n) is 36.0. The summed E-state index contributed by atoms with van der Waals surface area (Å²) in [6, 6.07) is 69.4. The summed E-state index contributed by atoms with van der Waals surface area (Å²) in [4.78, 5) is 73.0. The molecule has 1 saturated heterocycles. The van der Waals surface area contributed by atoms with E-state index in [1.807, 2.05) is 122 Å². The summed E-state index contributed by atoms with van der Waals surface area (Å²) in [6.45, 7) is 6.17. The van der Waals surface area contributed by atoms with Crippen LogP contribution in [0.2, 0.25) is 0 Å². The lowest BCUT2D eigenvalue weighted by atomic mass is 9.85. The van der Waals surface area contributed by atoms with Crippen molar-refractivity contribution < 1.29 is 23.9 Å². The number of aromatic nitrogens is 4. The molecule has 3 aliphatic carbocycles. The molecule has 16 rings (SSSR count). The summed E-state index contributed by atoms with van der Waals surface area (Å²) in [7, 11) is 0. The van der Waals surface area contributed by atoms with Crippen molar-refractivity contribution in [2.75, 3.05) is 19.7 Å². The number of hydrogen-bond acceptors (Lipinski definition) is 10. The van der Waals surface area contributed by atoms with Gasteiger partial charge in [0, 0.05) is 46.4 Å². The molecular weight excluding hydrogens is 1300 g/mol. The van der Waals surface area contributed by atoms with Crippen LogP contribution < -0.4 is 16.0 Å². The molecule has 0 unspecified atom stereocenters. The van der Waals surface area contributed by atoms with Gasteiger partial charge in [-0.15, -0.1) is 22.7 Å². The maximum absolute atomic E-state index is 14.6. The van der Waals surface area contributed by atoms with E-state index in [0.717, 1.165) is 105 Å². The number of ketones is 1. The van der Waals surface area contributed by atoms with Crippen LogP contribution in [0.3, 0.4) is 0 Å². The molecule has 0 radical (unpaired) electrons. The number of esters is 1. The quantitative estimate of drug-likeness (QED) is 0.0394. The van der Waals surface area contributed by atoms with Crippen molar-refractivity contribution in [3.05, 3.63) is 298 Å². The lowest BCUT2D eigenvalue weighted by Crippen LogP contribution is -2.38. The molecule has 0 spiro atoms. The molecule has 12 aromatic rings. The number of imidazole rings is 2. The van der Waals surface area contributed by atoms with Crippen molar-refractivity contribution in [2.24, 2.45) is 17.8 Å². The Labute approximate surface area is 604 Å². The number of hydrogen-bond donors (Lipinski definition) is 5. The number of amides is 2. The Balaban J connectivity index is 0.000000169. The van der Waals surface area contributed by atoms with Crippen LogP contribution in [-0.2, 0) is 49.6 Å². The van der Waals surface area contributed by atoms with Crippen molar-refractivity contribution in [1.82, 2.24) is 35.9 Å². The van der Waals surface area contributed by atoms with Gasteiger partial charge in [-0.2, -0.15) is 0 Å². The smallest absolute Gasteiger partial charge is 0.306 e. The summed E-state index contributed by atoms with van der Waals surface area (Å²) < 4.78 is 8.43. The van der Waals surface area contributed by atoms with Crippen LogP contribution in [0.4, 0.5) is 0 Å². The van der Waals surface area contributed by atoms with Crippen LogP contribution in [-0.4, -0.2) is 63.2 Å². The van der Waals surface area contributed by atoms with E-state index in [4.69, 9.17) is 14.7 Å². The summed E-state index contributed by atoms with van der Waals surface area (Å²) in [5.41, 5.74) is 18.1. The summed E-state index contributed by atoms with van der Waals surface area (Å²) in [5, 5.41) is 16.6. The number of rotatable bonds is 23. The second-order valence-corrected chi connectivity index (χ2v) is 29.0. The number of fused-ring (bicyclic) bond motifs is 7. The number of thiophene rings is 2. The third kappa shape index (κ3) is 15.9. The van der Waals surface area contributed by atoms with Crippen LogP contribution in [0, 0.1) is 17.8 Å².